The monoisotopic (exact) mass is 571 g/mol. The molecule has 3 heteroatoms. The van der Waals surface area contributed by atoms with E-state index in [4.69, 9.17) is 0 Å². The molecule has 1 atom stereocenters. The van der Waals surface area contributed by atoms with E-state index in [-0.39, 0.29) is 17.5 Å². The Morgan fingerprint density at radius 3 is 2.33 bits per heavy atom. The van der Waals surface area contributed by atoms with E-state index < -0.39 is 0 Å². The Morgan fingerprint density at radius 1 is 1.05 bits per heavy atom. The van der Waals surface area contributed by atoms with E-state index in [0.717, 1.165) is 45.7 Å². The maximum atomic E-state index is 12.7. The second-order valence-electron chi connectivity index (χ2n) is 10.6. The van der Waals surface area contributed by atoms with Gasteiger partial charge in [-0.2, -0.15) is 0 Å². The highest BCUT2D eigenvalue weighted by molar-refractivity contribution is 6.11. The fourth-order valence-electron chi connectivity index (χ4n) is 4.77. The summed E-state index contributed by atoms with van der Waals surface area (Å²) < 4.78 is 0. The van der Waals surface area contributed by atoms with Crippen LogP contribution in [-0.2, 0) is 9.59 Å². The van der Waals surface area contributed by atoms with Crippen LogP contribution in [0.5, 0.6) is 0 Å². The number of rotatable bonds is 9. The average molecular weight is 572 g/mol. The number of ketones is 2. The minimum absolute atomic E-state index is 0.0725. The number of carbonyl (C=O) groups excluding carboxylic acids is 2. The van der Waals surface area contributed by atoms with Crippen molar-refractivity contribution in [2.75, 3.05) is 6.54 Å². The minimum atomic E-state index is -0.228. The topological polar surface area (TPSA) is 37.4 Å². The molecule has 0 radical (unpaired) electrons. The summed E-state index contributed by atoms with van der Waals surface area (Å²) in [5.41, 5.74) is 9.01. The molecule has 1 unspecified atom stereocenters. The van der Waals surface area contributed by atoms with Gasteiger partial charge in [0.05, 0.1) is 0 Å². The molecule has 0 aromatic heterocycles. The fraction of sp³-hybridized carbons (Fsp3) is 0.200. The maximum Gasteiger partial charge on any atom is 0.191 e. The molecule has 0 aromatic rings. The summed E-state index contributed by atoms with van der Waals surface area (Å²) in [6, 6.07) is 0. The van der Waals surface area contributed by atoms with Crippen molar-refractivity contribution in [1.29, 1.82) is 0 Å². The first-order chi connectivity index (χ1) is 20.4. The molecule has 0 aromatic carbocycles. The summed E-state index contributed by atoms with van der Waals surface area (Å²) in [5, 5.41) is 0. The Morgan fingerprint density at radius 2 is 1.70 bits per heavy atom. The molecule has 2 aliphatic heterocycles. The highest BCUT2D eigenvalue weighted by Crippen LogP contribution is 2.38. The van der Waals surface area contributed by atoms with Crippen LogP contribution in [-0.4, -0.2) is 23.0 Å². The van der Waals surface area contributed by atoms with Gasteiger partial charge >= 0.3 is 0 Å². The molecule has 3 nitrogen and oxygen atoms in total. The first-order valence-corrected chi connectivity index (χ1v) is 14.5. The van der Waals surface area contributed by atoms with Gasteiger partial charge in [-0.05, 0) is 67.1 Å². The maximum absolute atomic E-state index is 12.7. The molecule has 2 heterocycles. The minimum Gasteiger partial charge on any atom is -0.337 e. The molecule has 0 spiro atoms. The second kappa shape index (κ2) is 16.0. The van der Waals surface area contributed by atoms with Crippen LogP contribution in [0.15, 0.2) is 180 Å². The molecular weight excluding hydrogens is 526 g/mol. The third kappa shape index (κ3) is 8.86. The average Bonchev–Trinajstić information content (AvgIpc) is 3.33. The van der Waals surface area contributed by atoms with E-state index in [1.54, 1.807) is 18.2 Å². The van der Waals surface area contributed by atoms with Gasteiger partial charge < -0.3 is 4.90 Å². The van der Waals surface area contributed by atoms with Crippen LogP contribution in [0.1, 0.15) is 41.0 Å². The summed E-state index contributed by atoms with van der Waals surface area (Å²) >= 11 is 0. The van der Waals surface area contributed by atoms with Crippen LogP contribution in [0.2, 0.25) is 0 Å². The standard InChI is InChI=1S/C40H45NO2/c1-12-17-37(35(14-3)20-15-18-29(6)39(42)28(5)13-2)34(11)38-33(10)36-21-16-19-30(7)40(43)31(8)24-22-27(4)23-25-32(9)41(38)26-36/h12-13,15-25,27H,2,5-9,14,26H2,1,3-4,10-11H3/b17-12-,18-15-,19-16-,24-22-,25-23-,35-20+,36-21+,37-34?. The molecule has 0 amide bonds. The Kier molecular flexibility index (Phi) is 12.8. The summed E-state index contributed by atoms with van der Waals surface area (Å²) in [6.07, 6.45) is 25.4. The largest absolute Gasteiger partial charge is 0.337 e. The van der Waals surface area contributed by atoms with E-state index in [9.17, 15) is 9.59 Å². The number of hydrogen-bond acceptors (Lipinski definition) is 3. The first kappa shape index (κ1) is 34.4. The number of nitrogens with zero attached hydrogens (tertiary/aromatic N) is 1. The number of Topliss-reactive ketones (excluding diaryl/α,β-unsaturated/α-hetero) is 2. The van der Waals surface area contributed by atoms with Gasteiger partial charge in [0.25, 0.3) is 0 Å². The molecule has 0 saturated heterocycles. The molecular formula is C40H45NO2. The Balaban J connectivity index is 2.70. The molecule has 0 N–H and O–H groups in total. The van der Waals surface area contributed by atoms with E-state index in [1.807, 2.05) is 49.5 Å². The summed E-state index contributed by atoms with van der Waals surface area (Å²) in [6.45, 7) is 34.6. The summed E-state index contributed by atoms with van der Waals surface area (Å²) in [7, 11) is 0. The van der Waals surface area contributed by atoms with Gasteiger partial charge in [0.2, 0.25) is 0 Å². The van der Waals surface area contributed by atoms with Crippen molar-refractivity contribution in [2.24, 2.45) is 5.92 Å². The lowest BCUT2D eigenvalue weighted by Gasteiger charge is -2.25. The van der Waals surface area contributed by atoms with Gasteiger partial charge in [-0.25, -0.2) is 0 Å². The smallest absolute Gasteiger partial charge is 0.191 e. The quantitative estimate of drug-likeness (QED) is 0.204. The molecule has 0 saturated carbocycles. The van der Waals surface area contributed by atoms with Crippen molar-refractivity contribution in [3.05, 3.63) is 180 Å². The molecule has 0 fully saturated rings. The number of fused-ring (bicyclic) bond motifs is 2. The lowest BCUT2D eigenvalue weighted by atomic mass is 9.93. The molecule has 2 aliphatic rings. The zero-order valence-corrected chi connectivity index (χ0v) is 26.5. The molecule has 2 bridgehead atoms. The third-order valence-electron chi connectivity index (χ3n) is 7.40. The zero-order chi connectivity index (χ0) is 32.3. The number of carbonyl (C=O) groups is 2. The highest BCUT2D eigenvalue weighted by atomic mass is 16.1. The van der Waals surface area contributed by atoms with Crippen molar-refractivity contribution in [3.63, 3.8) is 0 Å². The van der Waals surface area contributed by atoms with Crippen LogP contribution >= 0.6 is 0 Å². The summed E-state index contributed by atoms with van der Waals surface area (Å²) in [4.78, 5) is 27.3. The predicted octanol–water partition coefficient (Wildman–Crippen LogP) is 9.67. The Labute approximate surface area is 259 Å². The third-order valence-corrected chi connectivity index (χ3v) is 7.40. The Bertz CT molecular complexity index is 1530. The van der Waals surface area contributed by atoms with Crippen molar-refractivity contribution in [2.45, 2.75) is 41.0 Å². The van der Waals surface area contributed by atoms with E-state index in [1.165, 1.54) is 6.08 Å². The van der Waals surface area contributed by atoms with E-state index in [2.05, 4.69) is 84.2 Å². The Hall–Kier alpha value is -4.76. The van der Waals surface area contributed by atoms with E-state index >= 15 is 0 Å². The number of allylic oxidation sites excluding steroid dienone is 20. The SMILES string of the molecule is C=CC(=C)C(=O)C(=C)/C=C\C=C(/CC)C(/C=C\C)=C(C)C1=C(C)/C2=C/C=C\C(=C)C(=O)C(=C)/C=C\C(C)/C=C\C(=C)N1C2. The van der Waals surface area contributed by atoms with Gasteiger partial charge in [0.1, 0.15) is 0 Å². The van der Waals surface area contributed by atoms with Gasteiger partial charge in [0, 0.05) is 40.2 Å². The zero-order valence-electron chi connectivity index (χ0n) is 26.5. The molecule has 2 rings (SSSR count). The predicted molar refractivity (Wildman–Crippen MR) is 185 cm³/mol. The fourth-order valence-corrected chi connectivity index (χ4v) is 4.77. The number of hydrogen-bond donors (Lipinski definition) is 0. The normalized spacial score (nSPS) is 22.6. The highest BCUT2D eigenvalue weighted by Gasteiger charge is 2.27. The van der Waals surface area contributed by atoms with Crippen molar-refractivity contribution >= 4 is 11.6 Å². The lowest BCUT2D eigenvalue weighted by Crippen LogP contribution is -2.19. The van der Waals surface area contributed by atoms with Gasteiger partial charge in [-0.15, -0.1) is 0 Å². The van der Waals surface area contributed by atoms with Crippen LogP contribution < -0.4 is 0 Å². The van der Waals surface area contributed by atoms with Gasteiger partial charge in [-0.1, -0.05) is 126 Å². The van der Waals surface area contributed by atoms with Crippen molar-refractivity contribution < 1.29 is 9.59 Å². The summed E-state index contributed by atoms with van der Waals surface area (Å²) in [5.74, 6) is -0.332. The van der Waals surface area contributed by atoms with Crippen LogP contribution in [0.3, 0.4) is 0 Å². The first-order valence-electron chi connectivity index (χ1n) is 14.5. The molecule has 0 aliphatic carbocycles. The second-order valence-corrected chi connectivity index (χ2v) is 10.6. The molecule has 222 valence electrons. The van der Waals surface area contributed by atoms with Crippen LogP contribution in [0, 0.1) is 5.92 Å². The van der Waals surface area contributed by atoms with Crippen LogP contribution in [0.4, 0.5) is 0 Å². The van der Waals surface area contributed by atoms with Crippen LogP contribution in [0.25, 0.3) is 0 Å². The van der Waals surface area contributed by atoms with Gasteiger partial charge in [0.15, 0.2) is 11.6 Å². The molecule has 43 heavy (non-hydrogen) atoms. The van der Waals surface area contributed by atoms with E-state index in [0.29, 0.717) is 28.8 Å². The van der Waals surface area contributed by atoms with Crippen molar-refractivity contribution in [3.8, 4) is 0 Å². The van der Waals surface area contributed by atoms with Gasteiger partial charge in [-0.3, -0.25) is 9.59 Å². The lowest BCUT2D eigenvalue weighted by molar-refractivity contribution is -0.112. The van der Waals surface area contributed by atoms with Crippen molar-refractivity contribution in [1.82, 2.24) is 4.90 Å².